The first kappa shape index (κ1) is 10.4. The molecule has 6 heteroatoms. The molecule has 86 valence electrons. The van der Waals surface area contributed by atoms with E-state index >= 15 is 0 Å². The van der Waals surface area contributed by atoms with Crippen LogP contribution in [-0.2, 0) is 0 Å². The zero-order chi connectivity index (χ0) is 12.5. The average molecular weight is 239 g/mol. The molecular formula is C12H6FN5. The topological polar surface area (TPSA) is 66.9 Å². The highest BCUT2D eigenvalue weighted by atomic mass is 19.1. The van der Waals surface area contributed by atoms with E-state index in [9.17, 15) is 4.39 Å². The number of nitriles is 1. The van der Waals surface area contributed by atoms with Crippen LogP contribution in [0, 0.1) is 17.1 Å². The van der Waals surface area contributed by atoms with Crippen LogP contribution < -0.4 is 0 Å². The number of fused-ring (bicyclic) bond motifs is 1. The van der Waals surface area contributed by atoms with Crippen molar-refractivity contribution < 1.29 is 4.39 Å². The predicted octanol–water partition coefficient (Wildman–Crippen LogP) is 1.80. The van der Waals surface area contributed by atoms with E-state index in [0.717, 1.165) is 6.20 Å². The van der Waals surface area contributed by atoms with Crippen molar-refractivity contribution in [3.05, 3.63) is 48.2 Å². The molecule has 0 radical (unpaired) electrons. The lowest BCUT2D eigenvalue weighted by molar-refractivity contribution is 0.617. The molecule has 0 aliphatic rings. The zero-order valence-electron chi connectivity index (χ0n) is 9.08. The largest absolute Gasteiger partial charge is 0.251 e. The summed E-state index contributed by atoms with van der Waals surface area (Å²) in [5.74, 6) is -0.632. The average Bonchev–Trinajstić information content (AvgIpc) is 2.87. The smallest absolute Gasteiger partial charge is 0.159 e. The molecule has 0 aliphatic carbocycles. The monoisotopic (exact) mass is 239 g/mol. The van der Waals surface area contributed by atoms with Crippen molar-refractivity contribution >= 4 is 5.65 Å². The molecular weight excluding hydrogens is 233 g/mol. The third kappa shape index (κ3) is 1.50. The van der Waals surface area contributed by atoms with Gasteiger partial charge in [0.05, 0.1) is 29.3 Å². The zero-order valence-corrected chi connectivity index (χ0v) is 9.08. The summed E-state index contributed by atoms with van der Waals surface area (Å²) in [6, 6.07) is 6.64. The Morgan fingerprint density at radius 2 is 2.11 bits per heavy atom. The molecule has 0 fully saturated rings. The number of halogens is 1. The second-order valence-corrected chi connectivity index (χ2v) is 3.59. The summed E-state index contributed by atoms with van der Waals surface area (Å²) in [7, 11) is 0. The minimum absolute atomic E-state index is 0.0443. The lowest BCUT2D eigenvalue weighted by atomic mass is 10.2. The van der Waals surface area contributed by atoms with Crippen LogP contribution in [0.1, 0.15) is 5.56 Å². The second kappa shape index (κ2) is 3.89. The van der Waals surface area contributed by atoms with Gasteiger partial charge in [0.1, 0.15) is 6.07 Å². The van der Waals surface area contributed by atoms with Gasteiger partial charge in [0.25, 0.3) is 0 Å². The fraction of sp³-hybridized carbons (Fsp3) is 0. The molecule has 3 rings (SSSR count). The molecule has 0 atom stereocenters. The van der Waals surface area contributed by atoms with E-state index in [-0.39, 0.29) is 5.56 Å². The Morgan fingerprint density at radius 3 is 2.94 bits per heavy atom. The summed E-state index contributed by atoms with van der Waals surface area (Å²) in [4.78, 5) is 8.09. The van der Waals surface area contributed by atoms with E-state index in [4.69, 9.17) is 5.26 Å². The van der Waals surface area contributed by atoms with Crippen molar-refractivity contribution in [1.29, 1.82) is 5.26 Å². The summed E-state index contributed by atoms with van der Waals surface area (Å²) < 4.78 is 14.8. The van der Waals surface area contributed by atoms with Crippen LogP contribution in [0.5, 0.6) is 0 Å². The van der Waals surface area contributed by atoms with Gasteiger partial charge in [0.2, 0.25) is 0 Å². The van der Waals surface area contributed by atoms with E-state index in [1.165, 1.54) is 6.07 Å². The molecule has 5 nitrogen and oxygen atoms in total. The van der Waals surface area contributed by atoms with Crippen LogP contribution in [0.2, 0.25) is 0 Å². The van der Waals surface area contributed by atoms with Gasteiger partial charge >= 0.3 is 0 Å². The lowest BCUT2D eigenvalue weighted by Crippen LogP contribution is -1.98. The summed E-state index contributed by atoms with van der Waals surface area (Å²) in [5, 5.41) is 12.9. The van der Waals surface area contributed by atoms with Gasteiger partial charge in [0.15, 0.2) is 11.5 Å². The van der Waals surface area contributed by atoms with Gasteiger partial charge in [-0.3, -0.25) is 4.98 Å². The molecule has 3 heterocycles. The highest BCUT2D eigenvalue weighted by molar-refractivity contribution is 5.59. The van der Waals surface area contributed by atoms with Crippen molar-refractivity contribution in [1.82, 2.24) is 19.6 Å². The second-order valence-electron chi connectivity index (χ2n) is 3.59. The lowest BCUT2D eigenvalue weighted by Gasteiger charge is -2.04. The van der Waals surface area contributed by atoms with Gasteiger partial charge in [-0.15, -0.1) is 0 Å². The van der Waals surface area contributed by atoms with Crippen molar-refractivity contribution in [2.45, 2.75) is 0 Å². The molecule has 0 spiro atoms. The minimum atomic E-state index is -0.632. The Kier molecular flexibility index (Phi) is 2.24. The van der Waals surface area contributed by atoms with Crippen molar-refractivity contribution in [3.8, 4) is 17.5 Å². The van der Waals surface area contributed by atoms with Crippen LogP contribution in [0.4, 0.5) is 4.39 Å². The summed E-state index contributed by atoms with van der Waals surface area (Å²) >= 11 is 0. The fourth-order valence-electron chi connectivity index (χ4n) is 1.69. The highest BCUT2D eigenvalue weighted by Gasteiger charge is 2.09. The van der Waals surface area contributed by atoms with Crippen LogP contribution in [-0.4, -0.2) is 19.6 Å². The summed E-state index contributed by atoms with van der Waals surface area (Å²) in [6.07, 6.45) is 4.26. The molecule has 0 bridgehead atoms. The van der Waals surface area contributed by atoms with Crippen LogP contribution >= 0.6 is 0 Å². The van der Waals surface area contributed by atoms with Gasteiger partial charge in [-0.05, 0) is 12.1 Å². The summed E-state index contributed by atoms with van der Waals surface area (Å²) in [5.41, 5.74) is 1.75. The molecule has 0 amide bonds. The number of rotatable bonds is 1. The number of hydrogen-bond acceptors (Lipinski definition) is 4. The predicted molar refractivity (Wildman–Crippen MR) is 60.9 cm³/mol. The third-order valence-electron chi connectivity index (χ3n) is 2.53. The Bertz CT molecular complexity index is 771. The Balaban J connectivity index is 2.27. The summed E-state index contributed by atoms with van der Waals surface area (Å²) in [6.45, 7) is 0. The first-order valence-corrected chi connectivity index (χ1v) is 5.14. The standard InChI is InChI=1S/C12H6FN5/c13-9-7-16-10(5-8(9)6-14)11-1-3-15-12-2-4-17-18(11)12/h1-5,7H. The molecule has 0 N–H and O–H groups in total. The van der Waals surface area contributed by atoms with Gasteiger partial charge in [-0.2, -0.15) is 10.4 Å². The highest BCUT2D eigenvalue weighted by Crippen LogP contribution is 2.19. The quantitative estimate of drug-likeness (QED) is 0.649. The molecule has 0 aromatic carbocycles. The molecule has 0 aliphatic heterocycles. The SMILES string of the molecule is N#Cc1cc(-c2ccnc3ccnn23)ncc1F. The number of pyridine rings is 1. The van der Waals surface area contributed by atoms with Gasteiger partial charge in [-0.1, -0.05) is 0 Å². The van der Waals surface area contributed by atoms with Gasteiger partial charge in [-0.25, -0.2) is 13.9 Å². The van der Waals surface area contributed by atoms with Gasteiger partial charge < -0.3 is 0 Å². The van der Waals surface area contributed by atoms with Crippen molar-refractivity contribution in [2.75, 3.05) is 0 Å². The molecule has 0 saturated carbocycles. The normalized spacial score (nSPS) is 10.4. The minimum Gasteiger partial charge on any atom is -0.251 e. The first-order valence-electron chi connectivity index (χ1n) is 5.14. The van der Waals surface area contributed by atoms with E-state index in [0.29, 0.717) is 17.0 Å². The Morgan fingerprint density at radius 1 is 1.22 bits per heavy atom. The fourth-order valence-corrected chi connectivity index (χ4v) is 1.69. The Labute approximate surface area is 101 Å². The molecule has 18 heavy (non-hydrogen) atoms. The van der Waals surface area contributed by atoms with E-state index < -0.39 is 5.82 Å². The van der Waals surface area contributed by atoms with Crippen molar-refractivity contribution in [3.63, 3.8) is 0 Å². The maximum absolute atomic E-state index is 13.2. The number of hydrogen-bond donors (Lipinski definition) is 0. The number of nitrogens with zero attached hydrogens (tertiary/aromatic N) is 5. The van der Waals surface area contributed by atoms with E-state index in [1.54, 1.807) is 35.1 Å². The van der Waals surface area contributed by atoms with Crippen LogP contribution in [0.25, 0.3) is 17.0 Å². The van der Waals surface area contributed by atoms with Crippen LogP contribution in [0.15, 0.2) is 36.8 Å². The molecule has 0 saturated heterocycles. The third-order valence-corrected chi connectivity index (χ3v) is 2.53. The molecule has 3 aromatic rings. The van der Waals surface area contributed by atoms with Gasteiger partial charge in [0, 0.05) is 12.3 Å². The maximum Gasteiger partial charge on any atom is 0.159 e. The molecule has 0 unspecified atom stereocenters. The Hall–Kier alpha value is -2.81. The van der Waals surface area contributed by atoms with E-state index in [2.05, 4.69) is 15.1 Å². The van der Waals surface area contributed by atoms with E-state index in [1.807, 2.05) is 0 Å². The first-order chi connectivity index (χ1) is 8.79. The molecule has 3 aromatic heterocycles. The van der Waals surface area contributed by atoms with Crippen LogP contribution in [0.3, 0.4) is 0 Å². The number of aromatic nitrogens is 4. The van der Waals surface area contributed by atoms with Crippen molar-refractivity contribution in [2.24, 2.45) is 0 Å². The maximum atomic E-state index is 13.2.